The topological polar surface area (TPSA) is 56.1 Å². The zero-order valence-electron chi connectivity index (χ0n) is 20.5. The Morgan fingerprint density at radius 3 is 2.64 bits per heavy atom. The molecule has 0 spiro atoms. The molecule has 1 heterocycles. The fraction of sp³-hybridized carbons (Fsp3) is 0.267. The van der Waals surface area contributed by atoms with Crippen LogP contribution in [0.15, 0.2) is 85.5 Å². The number of allylic oxidation sites excluding steroid dienone is 1. The van der Waals surface area contributed by atoms with E-state index in [0.717, 1.165) is 66.0 Å². The molecular formula is C30H32ClN3O2. The number of fused-ring (bicyclic) bond motifs is 1. The van der Waals surface area contributed by atoms with Gasteiger partial charge in [0, 0.05) is 24.5 Å². The van der Waals surface area contributed by atoms with Crippen LogP contribution in [0.5, 0.6) is 5.75 Å². The maximum absolute atomic E-state index is 12.3. The molecule has 1 aromatic heterocycles. The van der Waals surface area contributed by atoms with Gasteiger partial charge >= 0.3 is 0 Å². The van der Waals surface area contributed by atoms with Crippen LogP contribution in [0, 0.1) is 0 Å². The highest BCUT2D eigenvalue weighted by molar-refractivity contribution is 6.30. The first-order valence-corrected chi connectivity index (χ1v) is 12.8. The maximum Gasteiger partial charge on any atom is 0.224 e. The van der Waals surface area contributed by atoms with E-state index in [1.54, 1.807) is 12.1 Å². The molecule has 36 heavy (non-hydrogen) atoms. The lowest BCUT2D eigenvalue weighted by Crippen LogP contribution is -2.26. The Balaban J connectivity index is 1.30. The number of hydrogen-bond acceptors (Lipinski definition) is 3. The van der Waals surface area contributed by atoms with Gasteiger partial charge in [0.1, 0.15) is 11.6 Å². The van der Waals surface area contributed by atoms with Gasteiger partial charge in [0.2, 0.25) is 5.91 Å². The second-order valence-electron chi connectivity index (χ2n) is 8.73. The molecule has 6 heteroatoms. The van der Waals surface area contributed by atoms with Gasteiger partial charge in [-0.2, -0.15) is 0 Å². The molecule has 4 rings (SSSR count). The molecule has 0 radical (unpaired) electrons. The van der Waals surface area contributed by atoms with Crippen molar-refractivity contribution in [2.24, 2.45) is 0 Å². The molecule has 0 bridgehead atoms. The van der Waals surface area contributed by atoms with Crippen molar-refractivity contribution < 1.29 is 9.53 Å². The quantitative estimate of drug-likeness (QED) is 0.176. The van der Waals surface area contributed by atoms with Crippen LogP contribution in [0.25, 0.3) is 11.0 Å². The molecule has 186 valence electrons. The van der Waals surface area contributed by atoms with E-state index in [1.807, 2.05) is 54.6 Å². The third-order valence-electron chi connectivity index (χ3n) is 6.03. The number of hydrogen-bond donors (Lipinski definition) is 1. The van der Waals surface area contributed by atoms with Crippen molar-refractivity contribution >= 4 is 28.5 Å². The monoisotopic (exact) mass is 501 g/mol. The van der Waals surface area contributed by atoms with E-state index in [2.05, 4.69) is 28.6 Å². The average molecular weight is 502 g/mol. The van der Waals surface area contributed by atoms with Crippen molar-refractivity contribution in [1.82, 2.24) is 14.9 Å². The number of carbonyl (C=O) groups is 1. The van der Waals surface area contributed by atoms with Crippen molar-refractivity contribution in [3.05, 3.63) is 107 Å². The van der Waals surface area contributed by atoms with Gasteiger partial charge < -0.3 is 14.6 Å². The summed E-state index contributed by atoms with van der Waals surface area (Å²) in [6, 6.07) is 23.7. The fourth-order valence-corrected chi connectivity index (χ4v) is 4.39. The van der Waals surface area contributed by atoms with Crippen LogP contribution in [-0.2, 0) is 30.6 Å². The van der Waals surface area contributed by atoms with E-state index < -0.39 is 0 Å². The molecule has 5 nitrogen and oxygen atoms in total. The summed E-state index contributed by atoms with van der Waals surface area (Å²) < 4.78 is 8.37. The Morgan fingerprint density at radius 1 is 1.03 bits per heavy atom. The summed E-state index contributed by atoms with van der Waals surface area (Å²) >= 11 is 5.92. The van der Waals surface area contributed by atoms with Crippen LogP contribution in [-0.4, -0.2) is 28.6 Å². The normalized spacial score (nSPS) is 10.9. The smallest absolute Gasteiger partial charge is 0.224 e. The second kappa shape index (κ2) is 12.9. The van der Waals surface area contributed by atoms with E-state index in [0.29, 0.717) is 24.6 Å². The van der Waals surface area contributed by atoms with Crippen LogP contribution in [0.4, 0.5) is 0 Å². The Bertz CT molecular complexity index is 1300. The highest BCUT2D eigenvalue weighted by Gasteiger charge is 2.11. The van der Waals surface area contributed by atoms with Crippen molar-refractivity contribution in [2.75, 3.05) is 13.2 Å². The molecule has 3 aromatic carbocycles. The number of nitrogens with one attached hydrogen (secondary N) is 1. The molecular weight excluding hydrogens is 470 g/mol. The number of ether oxygens (including phenoxy) is 1. The number of benzene rings is 3. The Hall–Kier alpha value is -3.57. The van der Waals surface area contributed by atoms with Crippen LogP contribution in [0.3, 0.4) is 0 Å². The first-order valence-electron chi connectivity index (χ1n) is 12.4. The molecule has 0 unspecified atom stereocenters. The van der Waals surface area contributed by atoms with Gasteiger partial charge in [-0.05, 0) is 60.7 Å². The Labute approximate surface area is 217 Å². The predicted molar refractivity (Wildman–Crippen MR) is 147 cm³/mol. The van der Waals surface area contributed by atoms with Crippen LogP contribution >= 0.6 is 11.6 Å². The maximum atomic E-state index is 12.3. The zero-order valence-corrected chi connectivity index (χ0v) is 21.2. The molecule has 1 N–H and O–H groups in total. The summed E-state index contributed by atoms with van der Waals surface area (Å²) in [7, 11) is 0. The van der Waals surface area contributed by atoms with E-state index >= 15 is 0 Å². The minimum absolute atomic E-state index is 0.0136. The predicted octanol–water partition coefficient (Wildman–Crippen LogP) is 6.18. The van der Waals surface area contributed by atoms with E-state index in [4.69, 9.17) is 21.3 Å². The molecule has 0 fully saturated rings. The summed E-state index contributed by atoms with van der Waals surface area (Å²) in [4.78, 5) is 17.2. The van der Waals surface area contributed by atoms with Crippen LogP contribution < -0.4 is 10.1 Å². The minimum atomic E-state index is 0.0136. The van der Waals surface area contributed by atoms with E-state index in [-0.39, 0.29) is 5.91 Å². The number of para-hydroxylation sites is 3. The van der Waals surface area contributed by atoms with Gasteiger partial charge in [0.15, 0.2) is 0 Å². The first kappa shape index (κ1) is 25.5. The van der Waals surface area contributed by atoms with Crippen molar-refractivity contribution in [3.8, 4) is 5.75 Å². The molecule has 0 atom stereocenters. The minimum Gasteiger partial charge on any atom is -0.493 e. The Morgan fingerprint density at radius 2 is 1.81 bits per heavy atom. The Kier molecular flexibility index (Phi) is 9.17. The summed E-state index contributed by atoms with van der Waals surface area (Å²) in [5.74, 6) is 1.97. The van der Waals surface area contributed by atoms with Gasteiger partial charge in [0.05, 0.1) is 24.1 Å². The lowest BCUT2D eigenvalue weighted by atomic mass is 10.1. The number of rotatable bonds is 13. The highest BCUT2D eigenvalue weighted by Crippen LogP contribution is 2.20. The number of amides is 1. The molecule has 0 aliphatic rings. The van der Waals surface area contributed by atoms with Gasteiger partial charge in [0.25, 0.3) is 0 Å². The summed E-state index contributed by atoms with van der Waals surface area (Å²) in [6.45, 7) is 5.89. The van der Waals surface area contributed by atoms with Gasteiger partial charge in [-0.3, -0.25) is 4.79 Å². The number of nitrogens with zero attached hydrogens (tertiary/aromatic N) is 2. The van der Waals surface area contributed by atoms with E-state index in [9.17, 15) is 4.79 Å². The molecule has 0 aliphatic carbocycles. The fourth-order valence-electron chi connectivity index (χ4n) is 4.26. The third-order valence-corrected chi connectivity index (χ3v) is 6.28. The lowest BCUT2D eigenvalue weighted by molar-refractivity contribution is -0.120. The molecule has 0 aliphatic heterocycles. The van der Waals surface area contributed by atoms with Crippen molar-refractivity contribution in [1.29, 1.82) is 0 Å². The van der Waals surface area contributed by atoms with Crippen LogP contribution in [0.2, 0.25) is 5.02 Å². The average Bonchev–Trinajstić information content (AvgIpc) is 3.24. The first-order chi connectivity index (χ1) is 17.6. The number of imidazole rings is 1. The summed E-state index contributed by atoms with van der Waals surface area (Å²) in [6.07, 6.45) is 5.52. The SMILES string of the molecule is C=CCc1ccccc1OCCCn1c(CCCNC(=O)Cc2ccc(Cl)cc2)nc2ccccc21. The lowest BCUT2D eigenvalue weighted by Gasteiger charge is -2.12. The van der Waals surface area contributed by atoms with Gasteiger partial charge in [-0.15, -0.1) is 6.58 Å². The third kappa shape index (κ3) is 6.98. The number of aryl methyl sites for hydroxylation is 2. The molecule has 0 saturated heterocycles. The van der Waals surface area contributed by atoms with Gasteiger partial charge in [-0.25, -0.2) is 4.98 Å². The standard InChI is InChI=1S/C30H32ClN3O2/c1-2-9-24-10-3-6-13-28(24)36-21-8-20-34-27-12-5-4-11-26(27)33-29(34)14-7-19-32-30(35)22-23-15-17-25(31)18-16-23/h2-6,10-13,15-18H,1,7-9,14,19-22H2,(H,32,35). The number of halogens is 1. The largest absolute Gasteiger partial charge is 0.493 e. The number of aromatic nitrogens is 2. The summed E-state index contributed by atoms with van der Waals surface area (Å²) in [5.41, 5.74) is 4.23. The molecule has 0 saturated carbocycles. The van der Waals surface area contributed by atoms with Crippen molar-refractivity contribution in [3.63, 3.8) is 0 Å². The van der Waals surface area contributed by atoms with Crippen LogP contribution in [0.1, 0.15) is 29.8 Å². The molecule has 4 aromatic rings. The second-order valence-corrected chi connectivity index (χ2v) is 9.16. The van der Waals surface area contributed by atoms with Gasteiger partial charge in [-0.1, -0.05) is 60.1 Å². The zero-order chi connectivity index (χ0) is 25.2. The number of carbonyl (C=O) groups excluding carboxylic acids is 1. The molecule has 1 amide bonds. The summed E-state index contributed by atoms with van der Waals surface area (Å²) in [5, 5.41) is 3.69. The highest BCUT2D eigenvalue weighted by atomic mass is 35.5. The van der Waals surface area contributed by atoms with Crippen molar-refractivity contribution in [2.45, 2.75) is 38.6 Å². The van der Waals surface area contributed by atoms with E-state index in [1.165, 1.54) is 0 Å².